The molecule has 2 N–H and O–H groups in total. The van der Waals surface area contributed by atoms with Crippen molar-refractivity contribution < 1.29 is 19.5 Å². The Hall–Kier alpha value is -2.37. The maximum atomic E-state index is 12.6. The molecule has 6 heteroatoms. The molecular formula is C20H28N2O4. The number of carboxylic acid groups (broad SMARTS) is 1. The molecule has 0 saturated heterocycles. The molecule has 0 bridgehead atoms. The normalized spacial score (nSPS) is 14.4. The van der Waals surface area contributed by atoms with Crippen LogP contribution >= 0.6 is 0 Å². The number of nitrogens with zero attached hydrogens (tertiary/aromatic N) is 1. The molecule has 0 radical (unpaired) electrons. The van der Waals surface area contributed by atoms with Crippen molar-refractivity contribution in [3.05, 3.63) is 35.4 Å². The predicted octanol–water partition coefficient (Wildman–Crippen LogP) is 2.68. The molecule has 0 unspecified atom stereocenters. The number of carbonyl (C=O) groups is 3. The molecule has 1 saturated carbocycles. The average molecular weight is 360 g/mol. The molecule has 1 aliphatic carbocycles. The summed E-state index contributed by atoms with van der Waals surface area (Å²) < 4.78 is 0. The second-order valence-electron chi connectivity index (χ2n) is 7.37. The lowest BCUT2D eigenvalue weighted by molar-refractivity contribution is -0.137. The minimum absolute atomic E-state index is 0.104. The Kier molecular flexibility index (Phi) is 7.18. The van der Waals surface area contributed by atoms with Crippen LogP contribution in [0.1, 0.15) is 55.5 Å². The third-order valence-corrected chi connectivity index (χ3v) is 4.59. The van der Waals surface area contributed by atoms with Crippen LogP contribution in [0.25, 0.3) is 0 Å². The molecular weight excluding hydrogens is 332 g/mol. The van der Waals surface area contributed by atoms with Crippen molar-refractivity contribution >= 4 is 17.8 Å². The standard InChI is InChI=1S/C20H28N2O4/c1-14(2)12-22(13-18(23)24)20(26)17-9-7-15(8-10-17)11-21-19(25)16-5-3-4-6-16/h7-10,14,16H,3-6,11-13H2,1-2H3,(H,21,25)(H,23,24). The molecule has 0 atom stereocenters. The third kappa shape index (κ3) is 5.86. The molecule has 1 fully saturated rings. The minimum Gasteiger partial charge on any atom is -0.480 e. The van der Waals surface area contributed by atoms with E-state index in [4.69, 9.17) is 5.11 Å². The van der Waals surface area contributed by atoms with Crippen LogP contribution in [-0.2, 0) is 16.1 Å². The van der Waals surface area contributed by atoms with Crippen LogP contribution in [0.3, 0.4) is 0 Å². The largest absolute Gasteiger partial charge is 0.480 e. The van der Waals surface area contributed by atoms with Crippen molar-refractivity contribution in [1.29, 1.82) is 0 Å². The first kappa shape index (κ1) is 19.9. The third-order valence-electron chi connectivity index (χ3n) is 4.59. The summed E-state index contributed by atoms with van der Waals surface area (Å²) in [5.74, 6) is -0.889. The first-order chi connectivity index (χ1) is 12.4. The Bertz CT molecular complexity index is 634. The van der Waals surface area contributed by atoms with Gasteiger partial charge in [0, 0.05) is 24.6 Å². The van der Waals surface area contributed by atoms with Gasteiger partial charge in [0.2, 0.25) is 5.91 Å². The van der Waals surface area contributed by atoms with Crippen LogP contribution < -0.4 is 5.32 Å². The number of nitrogens with one attached hydrogen (secondary N) is 1. The van der Waals surface area contributed by atoms with Crippen LogP contribution in [0.15, 0.2) is 24.3 Å². The zero-order chi connectivity index (χ0) is 19.1. The fraction of sp³-hybridized carbons (Fsp3) is 0.550. The summed E-state index contributed by atoms with van der Waals surface area (Å²) in [6.45, 7) is 4.41. The molecule has 1 aliphatic rings. The van der Waals surface area contributed by atoms with Gasteiger partial charge in [-0.3, -0.25) is 14.4 Å². The summed E-state index contributed by atoms with van der Waals surface area (Å²) in [5.41, 5.74) is 1.37. The van der Waals surface area contributed by atoms with E-state index >= 15 is 0 Å². The SMILES string of the molecule is CC(C)CN(CC(=O)O)C(=O)c1ccc(CNC(=O)C2CCCC2)cc1. The Balaban J connectivity index is 1.94. The highest BCUT2D eigenvalue weighted by Gasteiger charge is 2.22. The van der Waals surface area contributed by atoms with Gasteiger partial charge in [0.05, 0.1) is 0 Å². The van der Waals surface area contributed by atoms with Crippen molar-refractivity contribution in [1.82, 2.24) is 10.2 Å². The fourth-order valence-corrected chi connectivity index (χ4v) is 3.29. The van der Waals surface area contributed by atoms with E-state index in [1.165, 1.54) is 4.90 Å². The Labute approximate surface area is 154 Å². The topological polar surface area (TPSA) is 86.7 Å². The molecule has 0 heterocycles. The van der Waals surface area contributed by atoms with E-state index < -0.39 is 5.97 Å². The maximum Gasteiger partial charge on any atom is 0.323 e. The van der Waals surface area contributed by atoms with Gasteiger partial charge < -0.3 is 15.3 Å². The molecule has 26 heavy (non-hydrogen) atoms. The second kappa shape index (κ2) is 9.36. The molecule has 1 aromatic carbocycles. The molecule has 142 valence electrons. The first-order valence-corrected chi connectivity index (χ1v) is 9.24. The molecule has 2 rings (SSSR count). The Morgan fingerprint density at radius 1 is 1.15 bits per heavy atom. The molecule has 1 aromatic rings. The number of carbonyl (C=O) groups excluding carboxylic acids is 2. The summed E-state index contributed by atoms with van der Waals surface area (Å²) in [4.78, 5) is 37.0. The van der Waals surface area contributed by atoms with E-state index in [-0.39, 0.29) is 30.2 Å². The highest BCUT2D eigenvalue weighted by atomic mass is 16.4. The van der Waals surface area contributed by atoms with Gasteiger partial charge in [-0.1, -0.05) is 38.8 Å². The zero-order valence-corrected chi connectivity index (χ0v) is 15.5. The number of benzene rings is 1. The lowest BCUT2D eigenvalue weighted by Crippen LogP contribution is -2.38. The van der Waals surface area contributed by atoms with Gasteiger partial charge >= 0.3 is 5.97 Å². The van der Waals surface area contributed by atoms with Crippen LogP contribution in [0.4, 0.5) is 0 Å². The van der Waals surface area contributed by atoms with Crippen LogP contribution in [0.5, 0.6) is 0 Å². The summed E-state index contributed by atoms with van der Waals surface area (Å²) in [6, 6.07) is 6.98. The smallest absolute Gasteiger partial charge is 0.323 e. The van der Waals surface area contributed by atoms with Crippen molar-refractivity contribution in [3.63, 3.8) is 0 Å². The summed E-state index contributed by atoms with van der Waals surface area (Å²) in [7, 11) is 0. The van der Waals surface area contributed by atoms with E-state index in [2.05, 4.69) is 5.32 Å². The summed E-state index contributed by atoms with van der Waals surface area (Å²) >= 11 is 0. The number of hydrogen-bond acceptors (Lipinski definition) is 3. The quantitative estimate of drug-likeness (QED) is 0.746. The van der Waals surface area contributed by atoms with E-state index in [0.29, 0.717) is 18.7 Å². The molecule has 0 aromatic heterocycles. The fourth-order valence-electron chi connectivity index (χ4n) is 3.29. The van der Waals surface area contributed by atoms with Gasteiger partial charge in [0.15, 0.2) is 0 Å². The summed E-state index contributed by atoms with van der Waals surface area (Å²) in [6.07, 6.45) is 4.18. The van der Waals surface area contributed by atoms with Crippen molar-refractivity contribution in [2.75, 3.05) is 13.1 Å². The number of aliphatic carboxylic acids is 1. The van der Waals surface area contributed by atoms with Crippen molar-refractivity contribution in [3.8, 4) is 0 Å². The van der Waals surface area contributed by atoms with E-state index in [1.807, 2.05) is 13.8 Å². The van der Waals surface area contributed by atoms with Gasteiger partial charge in [-0.25, -0.2) is 0 Å². The highest BCUT2D eigenvalue weighted by molar-refractivity contribution is 5.95. The molecule has 6 nitrogen and oxygen atoms in total. The number of rotatable bonds is 8. The molecule has 2 amide bonds. The monoisotopic (exact) mass is 360 g/mol. The minimum atomic E-state index is -1.02. The van der Waals surface area contributed by atoms with Gasteiger partial charge in [0.1, 0.15) is 6.54 Å². The summed E-state index contributed by atoms with van der Waals surface area (Å²) in [5, 5.41) is 12.0. The van der Waals surface area contributed by atoms with E-state index in [1.54, 1.807) is 24.3 Å². The van der Waals surface area contributed by atoms with E-state index in [0.717, 1.165) is 31.2 Å². The van der Waals surface area contributed by atoms with E-state index in [9.17, 15) is 14.4 Å². The van der Waals surface area contributed by atoms with Crippen molar-refractivity contribution in [2.45, 2.75) is 46.1 Å². The van der Waals surface area contributed by atoms with Gasteiger partial charge in [-0.2, -0.15) is 0 Å². The lowest BCUT2D eigenvalue weighted by Gasteiger charge is -2.23. The van der Waals surface area contributed by atoms with Gasteiger partial charge in [0.25, 0.3) is 5.91 Å². The Morgan fingerprint density at radius 2 is 1.77 bits per heavy atom. The predicted molar refractivity (Wildman–Crippen MR) is 98.6 cm³/mol. The molecule has 0 spiro atoms. The van der Waals surface area contributed by atoms with Crippen LogP contribution in [-0.4, -0.2) is 40.9 Å². The zero-order valence-electron chi connectivity index (χ0n) is 15.5. The lowest BCUT2D eigenvalue weighted by atomic mass is 10.1. The van der Waals surface area contributed by atoms with Crippen LogP contribution in [0, 0.1) is 11.8 Å². The average Bonchev–Trinajstić information content (AvgIpc) is 3.13. The number of amides is 2. The maximum absolute atomic E-state index is 12.6. The Morgan fingerprint density at radius 3 is 2.31 bits per heavy atom. The first-order valence-electron chi connectivity index (χ1n) is 9.24. The number of hydrogen-bond donors (Lipinski definition) is 2. The van der Waals surface area contributed by atoms with Gasteiger partial charge in [-0.05, 0) is 36.5 Å². The second-order valence-corrected chi connectivity index (χ2v) is 7.37. The molecule has 0 aliphatic heterocycles. The van der Waals surface area contributed by atoms with Crippen molar-refractivity contribution in [2.24, 2.45) is 11.8 Å². The highest BCUT2D eigenvalue weighted by Crippen LogP contribution is 2.24. The number of carboxylic acids is 1. The van der Waals surface area contributed by atoms with Gasteiger partial charge in [-0.15, -0.1) is 0 Å². The van der Waals surface area contributed by atoms with Crippen LogP contribution in [0.2, 0.25) is 0 Å².